The highest BCUT2D eigenvalue weighted by Gasteiger charge is 2.10. The number of rotatable bonds is 3. The third-order valence-corrected chi connectivity index (χ3v) is 3.88. The van der Waals surface area contributed by atoms with E-state index in [-0.39, 0.29) is 6.04 Å². The van der Waals surface area contributed by atoms with Crippen LogP contribution in [0, 0.1) is 13.8 Å². The molecule has 0 aliphatic carbocycles. The lowest BCUT2D eigenvalue weighted by Crippen LogP contribution is -2.17. The minimum absolute atomic E-state index is 0.0214. The zero-order valence-corrected chi connectivity index (χ0v) is 11.9. The minimum Gasteiger partial charge on any atom is -0.329 e. The van der Waals surface area contributed by atoms with Crippen molar-refractivity contribution in [1.82, 2.24) is 9.55 Å². The van der Waals surface area contributed by atoms with Gasteiger partial charge in [-0.15, -0.1) is 0 Å². The predicted molar refractivity (Wildman–Crippen MR) is 82.6 cm³/mol. The zero-order valence-electron chi connectivity index (χ0n) is 11.9. The molecule has 0 saturated heterocycles. The van der Waals surface area contributed by atoms with E-state index in [2.05, 4.69) is 47.7 Å². The Kier molecular flexibility index (Phi) is 3.28. The Morgan fingerprint density at radius 2 is 1.90 bits per heavy atom. The van der Waals surface area contributed by atoms with Crippen LogP contribution < -0.4 is 5.73 Å². The number of hydrogen-bond donors (Lipinski definition) is 1. The molecular formula is C17H19N3. The van der Waals surface area contributed by atoms with Gasteiger partial charge in [0.25, 0.3) is 0 Å². The van der Waals surface area contributed by atoms with Gasteiger partial charge >= 0.3 is 0 Å². The molecule has 1 atom stereocenters. The maximum Gasteiger partial charge on any atom is 0.0958 e. The lowest BCUT2D eigenvalue weighted by Gasteiger charge is -2.15. The molecule has 0 aliphatic heterocycles. The standard InChI is InChI=1S/C17H19N3/c1-12-7-8-14(9-13(12)2)15(18)10-20-11-19-16-5-3-4-6-17(16)20/h3-9,11,15H,10,18H2,1-2H3. The van der Waals surface area contributed by atoms with Crippen molar-refractivity contribution in [3.63, 3.8) is 0 Å². The van der Waals surface area contributed by atoms with E-state index >= 15 is 0 Å². The molecule has 0 fully saturated rings. The SMILES string of the molecule is Cc1ccc(C(N)Cn2cnc3ccccc32)cc1C. The molecule has 1 heterocycles. The van der Waals surface area contributed by atoms with E-state index in [0.29, 0.717) is 0 Å². The first kappa shape index (κ1) is 12.9. The first-order chi connectivity index (χ1) is 9.65. The Labute approximate surface area is 119 Å². The van der Waals surface area contributed by atoms with Crippen LogP contribution >= 0.6 is 0 Å². The van der Waals surface area contributed by atoms with Crippen LogP contribution in [0.3, 0.4) is 0 Å². The smallest absolute Gasteiger partial charge is 0.0958 e. The van der Waals surface area contributed by atoms with Crippen LogP contribution in [0.1, 0.15) is 22.7 Å². The number of para-hydroxylation sites is 2. The number of nitrogens with two attached hydrogens (primary N) is 1. The molecule has 3 nitrogen and oxygen atoms in total. The second-order valence-electron chi connectivity index (χ2n) is 5.34. The van der Waals surface area contributed by atoms with Crippen molar-refractivity contribution in [2.75, 3.05) is 0 Å². The maximum atomic E-state index is 6.35. The molecule has 1 unspecified atom stereocenters. The van der Waals surface area contributed by atoms with Gasteiger partial charge in [-0.25, -0.2) is 4.98 Å². The summed E-state index contributed by atoms with van der Waals surface area (Å²) in [6, 6.07) is 14.5. The van der Waals surface area contributed by atoms with Gasteiger partial charge in [0.05, 0.1) is 17.4 Å². The van der Waals surface area contributed by atoms with E-state index in [1.807, 2.05) is 24.5 Å². The van der Waals surface area contributed by atoms with Gasteiger partial charge in [0.15, 0.2) is 0 Å². The molecule has 0 aliphatic rings. The zero-order chi connectivity index (χ0) is 14.1. The fourth-order valence-electron chi connectivity index (χ4n) is 2.47. The summed E-state index contributed by atoms with van der Waals surface area (Å²) in [5.41, 5.74) is 12.3. The number of imidazole rings is 1. The summed E-state index contributed by atoms with van der Waals surface area (Å²) in [5, 5.41) is 0. The summed E-state index contributed by atoms with van der Waals surface area (Å²) in [5.74, 6) is 0. The Hall–Kier alpha value is -2.13. The van der Waals surface area contributed by atoms with Crippen molar-refractivity contribution in [2.45, 2.75) is 26.4 Å². The van der Waals surface area contributed by atoms with Gasteiger partial charge in [0.1, 0.15) is 0 Å². The van der Waals surface area contributed by atoms with E-state index in [1.165, 1.54) is 16.7 Å². The highest BCUT2D eigenvalue weighted by atomic mass is 15.1. The van der Waals surface area contributed by atoms with Gasteiger partial charge in [-0.1, -0.05) is 30.3 Å². The number of aryl methyl sites for hydroxylation is 2. The van der Waals surface area contributed by atoms with E-state index in [9.17, 15) is 0 Å². The van der Waals surface area contributed by atoms with Crippen molar-refractivity contribution >= 4 is 11.0 Å². The summed E-state index contributed by atoms with van der Waals surface area (Å²) in [6.07, 6.45) is 1.87. The minimum atomic E-state index is -0.0214. The molecule has 2 aromatic carbocycles. The molecule has 2 N–H and O–H groups in total. The highest BCUT2D eigenvalue weighted by Crippen LogP contribution is 2.19. The molecule has 0 bridgehead atoms. The molecule has 0 saturated carbocycles. The highest BCUT2D eigenvalue weighted by molar-refractivity contribution is 5.74. The van der Waals surface area contributed by atoms with Gasteiger partial charge in [0.2, 0.25) is 0 Å². The van der Waals surface area contributed by atoms with Gasteiger partial charge < -0.3 is 10.3 Å². The lowest BCUT2D eigenvalue weighted by molar-refractivity contribution is 0.588. The fourth-order valence-corrected chi connectivity index (χ4v) is 2.47. The Morgan fingerprint density at radius 1 is 1.10 bits per heavy atom. The monoisotopic (exact) mass is 265 g/mol. The van der Waals surface area contributed by atoms with Gasteiger partial charge in [0, 0.05) is 12.6 Å². The number of fused-ring (bicyclic) bond motifs is 1. The van der Waals surface area contributed by atoms with Gasteiger partial charge in [-0.2, -0.15) is 0 Å². The quantitative estimate of drug-likeness (QED) is 0.789. The van der Waals surface area contributed by atoms with Crippen molar-refractivity contribution in [1.29, 1.82) is 0 Å². The number of hydrogen-bond acceptors (Lipinski definition) is 2. The van der Waals surface area contributed by atoms with E-state index in [4.69, 9.17) is 5.73 Å². The second-order valence-corrected chi connectivity index (χ2v) is 5.34. The van der Waals surface area contributed by atoms with Crippen molar-refractivity contribution in [3.8, 4) is 0 Å². The first-order valence-corrected chi connectivity index (χ1v) is 6.88. The molecule has 3 rings (SSSR count). The number of aromatic nitrogens is 2. The van der Waals surface area contributed by atoms with Crippen LogP contribution in [0.15, 0.2) is 48.8 Å². The predicted octanol–water partition coefficient (Wildman–Crippen LogP) is 3.35. The number of benzene rings is 2. The van der Waals surface area contributed by atoms with E-state index in [1.54, 1.807) is 0 Å². The average Bonchev–Trinajstić information content (AvgIpc) is 2.85. The normalized spacial score (nSPS) is 12.8. The Morgan fingerprint density at radius 3 is 2.70 bits per heavy atom. The van der Waals surface area contributed by atoms with E-state index in [0.717, 1.165) is 17.6 Å². The molecule has 20 heavy (non-hydrogen) atoms. The van der Waals surface area contributed by atoms with Gasteiger partial charge in [-0.3, -0.25) is 0 Å². The van der Waals surface area contributed by atoms with E-state index < -0.39 is 0 Å². The molecule has 0 amide bonds. The molecular weight excluding hydrogens is 246 g/mol. The first-order valence-electron chi connectivity index (χ1n) is 6.88. The topological polar surface area (TPSA) is 43.8 Å². The fraction of sp³-hybridized carbons (Fsp3) is 0.235. The van der Waals surface area contributed by atoms with Crippen LogP contribution in [-0.2, 0) is 6.54 Å². The van der Waals surface area contributed by atoms with Crippen LogP contribution in [-0.4, -0.2) is 9.55 Å². The molecule has 102 valence electrons. The van der Waals surface area contributed by atoms with Crippen molar-refractivity contribution in [3.05, 3.63) is 65.5 Å². The summed E-state index contributed by atoms with van der Waals surface area (Å²) < 4.78 is 2.12. The van der Waals surface area contributed by atoms with Crippen molar-refractivity contribution in [2.24, 2.45) is 5.73 Å². The van der Waals surface area contributed by atoms with Crippen LogP contribution in [0.2, 0.25) is 0 Å². The largest absolute Gasteiger partial charge is 0.329 e. The molecule has 3 heteroatoms. The van der Waals surface area contributed by atoms with Crippen LogP contribution in [0.5, 0.6) is 0 Å². The van der Waals surface area contributed by atoms with Gasteiger partial charge in [-0.05, 0) is 42.7 Å². The molecule has 0 radical (unpaired) electrons. The Balaban J connectivity index is 1.88. The summed E-state index contributed by atoms with van der Waals surface area (Å²) in [6.45, 7) is 4.98. The maximum absolute atomic E-state index is 6.35. The third kappa shape index (κ3) is 2.32. The van der Waals surface area contributed by atoms with Crippen LogP contribution in [0.25, 0.3) is 11.0 Å². The molecule has 1 aromatic heterocycles. The lowest BCUT2D eigenvalue weighted by atomic mass is 10.0. The molecule has 3 aromatic rings. The summed E-state index contributed by atoms with van der Waals surface area (Å²) in [7, 11) is 0. The molecule has 0 spiro atoms. The Bertz CT molecular complexity index is 743. The third-order valence-electron chi connectivity index (χ3n) is 3.88. The number of nitrogens with zero attached hydrogens (tertiary/aromatic N) is 2. The van der Waals surface area contributed by atoms with Crippen LogP contribution in [0.4, 0.5) is 0 Å². The average molecular weight is 265 g/mol. The summed E-state index contributed by atoms with van der Waals surface area (Å²) in [4.78, 5) is 4.40. The van der Waals surface area contributed by atoms with Crippen molar-refractivity contribution < 1.29 is 0 Å². The second kappa shape index (κ2) is 5.10. The summed E-state index contributed by atoms with van der Waals surface area (Å²) >= 11 is 0.